The Morgan fingerprint density at radius 2 is 2.00 bits per heavy atom. The van der Waals surface area contributed by atoms with Crippen molar-refractivity contribution in [2.24, 2.45) is 17.3 Å². The number of carboxylic acids is 1. The molecule has 6 heteroatoms. The van der Waals surface area contributed by atoms with Gasteiger partial charge in [-0.15, -0.1) is 0 Å². The molecule has 1 aromatic rings. The largest absolute Gasteiger partial charge is 0.481 e. The molecule has 0 bridgehead atoms. The molecule has 0 spiro atoms. The molecular weight excluding hydrogens is 273 g/mol. The van der Waals surface area contributed by atoms with E-state index in [9.17, 15) is 14.0 Å². The molecule has 1 fully saturated rings. The number of carboxylic acid groups (broad SMARTS) is 1. The average Bonchev–Trinajstić information content (AvgIpc) is 2.88. The van der Waals surface area contributed by atoms with Gasteiger partial charge in [-0.05, 0) is 17.5 Å². The van der Waals surface area contributed by atoms with Gasteiger partial charge < -0.3 is 10.4 Å². The normalized spacial score (nSPS) is 23.8. The summed E-state index contributed by atoms with van der Waals surface area (Å²) in [6.07, 6.45) is 0. The maximum Gasteiger partial charge on any atom is 0.307 e. The van der Waals surface area contributed by atoms with E-state index >= 15 is 0 Å². The summed E-state index contributed by atoms with van der Waals surface area (Å²) >= 11 is 5.61. The van der Waals surface area contributed by atoms with Crippen LogP contribution >= 0.6 is 11.6 Å². The second-order valence-corrected chi connectivity index (χ2v) is 5.61. The summed E-state index contributed by atoms with van der Waals surface area (Å²) < 4.78 is 13.6. The summed E-state index contributed by atoms with van der Waals surface area (Å²) in [5, 5.41) is 11.3. The fourth-order valence-corrected chi connectivity index (χ4v) is 2.57. The van der Waals surface area contributed by atoms with Crippen LogP contribution in [0.25, 0.3) is 0 Å². The zero-order chi connectivity index (χ0) is 14.4. The molecule has 0 radical (unpaired) electrons. The van der Waals surface area contributed by atoms with E-state index in [0.717, 1.165) is 0 Å². The highest BCUT2D eigenvalue weighted by molar-refractivity contribution is 6.31. The maximum atomic E-state index is 13.6. The summed E-state index contributed by atoms with van der Waals surface area (Å²) in [6, 6.07) is 4.26. The van der Waals surface area contributed by atoms with Crippen LogP contribution in [0, 0.1) is 23.1 Å². The summed E-state index contributed by atoms with van der Waals surface area (Å²) in [5.74, 6) is -3.64. The minimum Gasteiger partial charge on any atom is -0.481 e. The van der Waals surface area contributed by atoms with Crippen LogP contribution in [0.5, 0.6) is 0 Å². The molecule has 1 amide bonds. The van der Waals surface area contributed by atoms with Crippen LogP contribution in [0.4, 0.5) is 10.1 Å². The third-order valence-electron chi connectivity index (χ3n) is 3.59. The van der Waals surface area contributed by atoms with E-state index in [1.807, 2.05) is 0 Å². The van der Waals surface area contributed by atoms with Crippen LogP contribution in [0.2, 0.25) is 5.02 Å². The van der Waals surface area contributed by atoms with E-state index in [2.05, 4.69) is 5.32 Å². The van der Waals surface area contributed by atoms with Gasteiger partial charge >= 0.3 is 5.97 Å². The second-order valence-electron chi connectivity index (χ2n) is 5.21. The van der Waals surface area contributed by atoms with Gasteiger partial charge in [0.15, 0.2) is 5.82 Å². The van der Waals surface area contributed by atoms with E-state index in [1.165, 1.54) is 18.2 Å². The Bertz CT molecular complexity index is 559. The van der Waals surface area contributed by atoms with E-state index in [0.29, 0.717) is 0 Å². The van der Waals surface area contributed by atoms with E-state index in [1.54, 1.807) is 13.8 Å². The number of hydrogen-bond donors (Lipinski definition) is 2. The molecule has 2 atom stereocenters. The Labute approximate surface area is 114 Å². The Hall–Kier alpha value is -1.62. The monoisotopic (exact) mass is 285 g/mol. The van der Waals surface area contributed by atoms with Crippen molar-refractivity contribution in [1.29, 1.82) is 0 Å². The van der Waals surface area contributed by atoms with Gasteiger partial charge in [-0.1, -0.05) is 31.5 Å². The average molecular weight is 286 g/mol. The molecular formula is C13H13ClFNO3. The molecule has 0 aliphatic heterocycles. The fraction of sp³-hybridized carbons (Fsp3) is 0.385. The lowest BCUT2D eigenvalue weighted by molar-refractivity contribution is -0.140. The molecule has 4 nitrogen and oxygen atoms in total. The third kappa shape index (κ3) is 2.30. The molecule has 102 valence electrons. The first-order valence-corrected chi connectivity index (χ1v) is 6.12. The Morgan fingerprint density at radius 1 is 1.37 bits per heavy atom. The van der Waals surface area contributed by atoms with E-state index < -0.39 is 34.9 Å². The first-order valence-electron chi connectivity index (χ1n) is 5.74. The number of hydrogen-bond acceptors (Lipinski definition) is 2. The van der Waals surface area contributed by atoms with Crippen molar-refractivity contribution < 1.29 is 19.1 Å². The molecule has 2 rings (SSSR count). The predicted molar refractivity (Wildman–Crippen MR) is 68.4 cm³/mol. The second kappa shape index (κ2) is 4.49. The number of halogens is 2. The Morgan fingerprint density at radius 3 is 2.53 bits per heavy atom. The van der Waals surface area contributed by atoms with Gasteiger partial charge in [0, 0.05) is 0 Å². The van der Waals surface area contributed by atoms with Crippen molar-refractivity contribution in [3.05, 3.63) is 29.0 Å². The Kier molecular flexibility index (Phi) is 3.26. The van der Waals surface area contributed by atoms with Crippen LogP contribution < -0.4 is 5.32 Å². The minimum absolute atomic E-state index is 0.0376. The number of anilines is 1. The number of benzene rings is 1. The van der Waals surface area contributed by atoms with Gasteiger partial charge in [-0.2, -0.15) is 0 Å². The van der Waals surface area contributed by atoms with Crippen molar-refractivity contribution in [3.8, 4) is 0 Å². The van der Waals surface area contributed by atoms with Crippen LogP contribution in [0.3, 0.4) is 0 Å². The van der Waals surface area contributed by atoms with Gasteiger partial charge in [0.25, 0.3) is 0 Å². The minimum atomic E-state index is -1.02. The molecule has 0 heterocycles. The highest BCUT2D eigenvalue weighted by Gasteiger charge is 2.65. The summed E-state index contributed by atoms with van der Waals surface area (Å²) in [7, 11) is 0. The highest BCUT2D eigenvalue weighted by Crippen LogP contribution is 2.58. The molecule has 1 aromatic carbocycles. The first-order chi connectivity index (χ1) is 8.76. The molecule has 0 saturated heterocycles. The molecule has 19 heavy (non-hydrogen) atoms. The van der Waals surface area contributed by atoms with Crippen LogP contribution in [-0.2, 0) is 9.59 Å². The number of amides is 1. The van der Waals surface area contributed by atoms with Crippen molar-refractivity contribution in [2.45, 2.75) is 13.8 Å². The SMILES string of the molecule is CC1(C)C(C(=O)O)C1C(=O)Nc1cccc(Cl)c1F. The summed E-state index contributed by atoms with van der Waals surface area (Å²) in [4.78, 5) is 23.0. The van der Waals surface area contributed by atoms with Gasteiger partial charge in [0.2, 0.25) is 5.91 Å². The zero-order valence-corrected chi connectivity index (χ0v) is 11.2. The predicted octanol–water partition coefficient (Wildman–Crippen LogP) is 2.77. The molecule has 1 aliphatic carbocycles. The van der Waals surface area contributed by atoms with Crippen molar-refractivity contribution in [2.75, 3.05) is 5.32 Å². The first kappa shape index (κ1) is 13.8. The van der Waals surface area contributed by atoms with Crippen molar-refractivity contribution in [1.82, 2.24) is 0 Å². The number of carbonyl (C=O) groups excluding carboxylic acids is 1. The lowest BCUT2D eigenvalue weighted by atomic mass is 10.1. The van der Waals surface area contributed by atoms with E-state index in [-0.39, 0.29) is 10.7 Å². The van der Waals surface area contributed by atoms with Crippen molar-refractivity contribution in [3.63, 3.8) is 0 Å². The van der Waals surface area contributed by atoms with Gasteiger partial charge in [0.1, 0.15) is 0 Å². The fourth-order valence-electron chi connectivity index (χ4n) is 2.40. The lowest BCUT2D eigenvalue weighted by Gasteiger charge is -2.07. The number of aliphatic carboxylic acids is 1. The van der Waals surface area contributed by atoms with Crippen LogP contribution in [0.15, 0.2) is 18.2 Å². The van der Waals surface area contributed by atoms with Crippen LogP contribution in [-0.4, -0.2) is 17.0 Å². The number of rotatable bonds is 3. The van der Waals surface area contributed by atoms with Crippen molar-refractivity contribution >= 4 is 29.2 Å². The topological polar surface area (TPSA) is 66.4 Å². The maximum absolute atomic E-state index is 13.6. The van der Waals surface area contributed by atoms with E-state index in [4.69, 9.17) is 16.7 Å². The van der Waals surface area contributed by atoms with Gasteiger partial charge in [-0.25, -0.2) is 4.39 Å². The highest BCUT2D eigenvalue weighted by atomic mass is 35.5. The molecule has 1 aliphatic rings. The summed E-state index contributed by atoms with van der Waals surface area (Å²) in [6.45, 7) is 3.40. The van der Waals surface area contributed by atoms with Gasteiger partial charge in [0.05, 0.1) is 22.5 Å². The standard InChI is InChI=1S/C13H13ClFNO3/c1-13(2)8(9(13)12(18)19)11(17)16-7-5-3-4-6(14)10(7)15/h3-5,8-9H,1-2H3,(H,16,17)(H,18,19). The molecule has 2 unspecified atom stereocenters. The quantitative estimate of drug-likeness (QED) is 0.897. The molecule has 0 aromatic heterocycles. The zero-order valence-electron chi connectivity index (χ0n) is 10.4. The number of nitrogens with one attached hydrogen (secondary N) is 1. The molecule has 2 N–H and O–H groups in total. The third-order valence-corrected chi connectivity index (χ3v) is 3.88. The number of carbonyl (C=O) groups is 2. The lowest BCUT2D eigenvalue weighted by Crippen LogP contribution is -2.18. The smallest absolute Gasteiger partial charge is 0.307 e. The summed E-state index contributed by atoms with van der Waals surface area (Å²) in [5.41, 5.74) is -0.658. The molecule has 1 saturated carbocycles. The van der Waals surface area contributed by atoms with Crippen LogP contribution in [0.1, 0.15) is 13.8 Å². The Balaban J connectivity index is 2.15. The van der Waals surface area contributed by atoms with Gasteiger partial charge in [-0.3, -0.25) is 9.59 Å².